The quantitative estimate of drug-likeness (QED) is 0.596. The molecule has 6 nitrogen and oxygen atoms in total. The van der Waals surface area contributed by atoms with Crippen molar-refractivity contribution >= 4 is 6.08 Å². The van der Waals surface area contributed by atoms with E-state index in [1.165, 1.54) is 32.2 Å². The molecule has 0 spiro atoms. The Morgan fingerprint density at radius 3 is 2.80 bits per heavy atom. The van der Waals surface area contributed by atoms with E-state index < -0.39 is 4.92 Å². The first-order chi connectivity index (χ1) is 7.04. The van der Waals surface area contributed by atoms with Gasteiger partial charge >= 0.3 is 0 Å². The fourth-order valence-electron chi connectivity index (χ4n) is 1.02. The summed E-state index contributed by atoms with van der Waals surface area (Å²) < 4.78 is 4.94. The van der Waals surface area contributed by atoms with Gasteiger partial charge in [0.2, 0.25) is 11.3 Å². The predicted molar refractivity (Wildman–Crippen MR) is 54.3 cm³/mol. The van der Waals surface area contributed by atoms with Crippen molar-refractivity contribution in [1.29, 1.82) is 0 Å². The van der Waals surface area contributed by atoms with Crippen LogP contribution in [0.2, 0.25) is 0 Å². The number of rotatable bonds is 3. The summed E-state index contributed by atoms with van der Waals surface area (Å²) in [6.07, 6.45) is 1.25. The number of nitrogens with one attached hydrogen (secondary N) is 1. The van der Waals surface area contributed by atoms with Gasteiger partial charge in [-0.1, -0.05) is 0 Å². The minimum absolute atomic E-state index is 0.0739. The summed E-state index contributed by atoms with van der Waals surface area (Å²) >= 11 is 0. The van der Waals surface area contributed by atoms with Crippen molar-refractivity contribution < 1.29 is 9.66 Å². The smallest absolute Gasteiger partial charge is 0.248 e. The van der Waals surface area contributed by atoms with E-state index in [0.717, 1.165) is 0 Å². The van der Waals surface area contributed by atoms with Gasteiger partial charge < -0.3 is 9.72 Å². The molecular formula is C9H10N2O4. The number of nitrogens with zero attached hydrogens (tertiary/aromatic N) is 1. The molecule has 80 valence electrons. The number of hydrogen-bond acceptors (Lipinski definition) is 4. The molecule has 0 radical (unpaired) electrons. The molecule has 0 bridgehead atoms. The molecule has 1 N–H and O–H groups in total. The van der Waals surface area contributed by atoms with Crippen molar-refractivity contribution in [2.24, 2.45) is 0 Å². The number of methoxy groups -OCH3 is 1. The zero-order valence-electron chi connectivity index (χ0n) is 8.31. The Labute approximate surface area is 85.3 Å². The van der Waals surface area contributed by atoms with Crippen LogP contribution in [0.15, 0.2) is 22.6 Å². The van der Waals surface area contributed by atoms with Crippen molar-refractivity contribution in [1.82, 2.24) is 4.98 Å². The van der Waals surface area contributed by atoms with Crippen LogP contribution in [0.5, 0.6) is 5.75 Å². The van der Waals surface area contributed by atoms with Crippen LogP contribution in [0, 0.1) is 10.1 Å². The Bertz CT molecular complexity index is 461. The Morgan fingerprint density at radius 2 is 2.27 bits per heavy atom. The van der Waals surface area contributed by atoms with Gasteiger partial charge in [-0.2, -0.15) is 0 Å². The topological polar surface area (TPSA) is 85.2 Å². The summed E-state index contributed by atoms with van der Waals surface area (Å²) in [5.41, 5.74) is -0.118. The minimum atomic E-state index is -0.537. The number of aromatic amines is 1. The molecule has 0 aliphatic carbocycles. The molecule has 15 heavy (non-hydrogen) atoms. The molecule has 0 unspecified atom stereocenters. The van der Waals surface area contributed by atoms with E-state index in [0.29, 0.717) is 11.4 Å². The lowest BCUT2D eigenvalue weighted by Crippen LogP contribution is -2.07. The van der Waals surface area contributed by atoms with E-state index in [-0.39, 0.29) is 11.3 Å². The number of aromatic nitrogens is 1. The van der Waals surface area contributed by atoms with Crippen LogP contribution in [0.1, 0.15) is 12.6 Å². The van der Waals surface area contributed by atoms with E-state index in [1.807, 2.05) is 0 Å². The highest BCUT2D eigenvalue weighted by Gasteiger charge is 2.06. The van der Waals surface area contributed by atoms with Crippen molar-refractivity contribution in [2.75, 3.05) is 7.11 Å². The maximum absolute atomic E-state index is 11.0. The van der Waals surface area contributed by atoms with Gasteiger partial charge in [0.15, 0.2) is 0 Å². The molecule has 1 aromatic heterocycles. The fraction of sp³-hybridized carbons (Fsp3) is 0.222. The summed E-state index contributed by atoms with van der Waals surface area (Å²) in [4.78, 5) is 23.3. The number of pyridine rings is 1. The lowest BCUT2D eigenvalue weighted by molar-refractivity contribution is -0.422. The van der Waals surface area contributed by atoms with Gasteiger partial charge in [-0.25, -0.2) is 0 Å². The molecule has 1 aromatic rings. The van der Waals surface area contributed by atoms with E-state index in [1.54, 1.807) is 0 Å². The summed E-state index contributed by atoms with van der Waals surface area (Å²) in [7, 11) is 1.42. The van der Waals surface area contributed by atoms with Gasteiger partial charge in [-0.3, -0.25) is 14.9 Å². The molecule has 0 aromatic carbocycles. The maximum Gasteiger partial charge on any atom is 0.248 e. The molecule has 0 saturated heterocycles. The number of ether oxygens (including phenoxy) is 1. The second-order valence-corrected chi connectivity index (χ2v) is 2.85. The van der Waals surface area contributed by atoms with Crippen molar-refractivity contribution in [2.45, 2.75) is 6.92 Å². The second kappa shape index (κ2) is 4.41. The van der Waals surface area contributed by atoms with E-state index in [2.05, 4.69) is 4.98 Å². The average Bonchev–Trinajstić information content (AvgIpc) is 2.18. The molecular weight excluding hydrogens is 200 g/mol. The van der Waals surface area contributed by atoms with E-state index in [4.69, 9.17) is 4.74 Å². The van der Waals surface area contributed by atoms with Crippen LogP contribution < -0.4 is 10.3 Å². The molecule has 0 saturated carbocycles. The second-order valence-electron chi connectivity index (χ2n) is 2.85. The minimum Gasteiger partial charge on any atom is -0.495 e. The Kier molecular flexibility index (Phi) is 3.22. The van der Waals surface area contributed by atoms with Crippen molar-refractivity contribution in [3.05, 3.63) is 44.0 Å². The van der Waals surface area contributed by atoms with Crippen molar-refractivity contribution in [3.63, 3.8) is 0 Å². The summed E-state index contributed by atoms with van der Waals surface area (Å²) in [6, 6.07) is 2.75. The number of nitro groups is 1. The molecule has 0 atom stereocenters. The number of hydrogen-bond donors (Lipinski definition) is 1. The van der Waals surface area contributed by atoms with Crippen LogP contribution in [0.4, 0.5) is 0 Å². The third kappa shape index (κ3) is 2.67. The normalized spacial score (nSPS) is 11.2. The first kappa shape index (κ1) is 11.0. The van der Waals surface area contributed by atoms with Gasteiger partial charge in [-0.15, -0.1) is 0 Å². The molecule has 0 fully saturated rings. The van der Waals surface area contributed by atoms with Crippen LogP contribution in [-0.2, 0) is 0 Å². The monoisotopic (exact) mass is 210 g/mol. The third-order valence-electron chi connectivity index (χ3n) is 1.77. The molecule has 0 aliphatic rings. The first-order valence-corrected chi connectivity index (χ1v) is 4.14. The Balaban J connectivity index is 3.24. The Hall–Kier alpha value is -2.11. The summed E-state index contributed by atoms with van der Waals surface area (Å²) in [6.45, 7) is 1.34. The van der Waals surface area contributed by atoms with Gasteiger partial charge in [-0.05, 0) is 6.07 Å². The Morgan fingerprint density at radius 1 is 1.60 bits per heavy atom. The molecule has 1 rings (SSSR count). The largest absolute Gasteiger partial charge is 0.495 e. The highest BCUT2D eigenvalue weighted by atomic mass is 16.6. The van der Waals surface area contributed by atoms with Gasteiger partial charge in [0.25, 0.3) is 0 Å². The maximum atomic E-state index is 11.0. The van der Waals surface area contributed by atoms with E-state index in [9.17, 15) is 14.9 Å². The average molecular weight is 210 g/mol. The highest BCUT2D eigenvalue weighted by Crippen LogP contribution is 2.16. The first-order valence-electron chi connectivity index (χ1n) is 4.14. The SMILES string of the molecule is COc1ccc(=O)[nH]c1/C=C(\C)[N+](=O)[O-]. The van der Waals surface area contributed by atoms with E-state index >= 15 is 0 Å². The highest BCUT2D eigenvalue weighted by molar-refractivity contribution is 5.53. The molecule has 1 heterocycles. The van der Waals surface area contributed by atoms with Crippen LogP contribution in [0.25, 0.3) is 6.08 Å². The summed E-state index contributed by atoms with van der Waals surface area (Å²) in [5, 5.41) is 10.4. The van der Waals surface area contributed by atoms with Crippen LogP contribution in [-0.4, -0.2) is 17.0 Å². The molecule has 6 heteroatoms. The number of H-pyrrole nitrogens is 1. The fourth-order valence-corrected chi connectivity index (χ4v) is 1.02. The molecule has 0 aliphatic heterocycles. The third-order valence-corrected chi connectivity index (χ3v) is 1.77. The van der Waals surface area contributed by atoms with Crippen molar-refractivity contribution in [3.8, 4) is 5.75 Å². The summed E-state index contributed by atoms with van der Waals surface area (Å²) in [5.74, 6) is 0.385. The predicted octanol–water partition coefficient (Wildman–Crippen LogP) is 1.02. The number of allylic oxidation sites excluding steroid dienone is 1. The van der Waals surface area contributed by atoms with Crippen LogP contribution >= 0.6 is 0 Å². The lowest BCUT2D eigenvalue weighted by atomic mass is 10.3. The zero-order chi connectivity index (χ0) is 11.4. The zero-order valence-corrected chi connectivity index (χ0v) is 8.31. The molecule has 0 amide bonds. The van der Waals surface area contributed by atoms with Gasteiger partial charge in [0, 0.05) is 19.1 Å². The van der Waals surface area contributed by atoms with Crippen LogP contribution in [0.3, 0.4) is 0 Å². The van der Waals surface area contributed by atoms with Gasteiger partial charge in [0.05, 0.1) is 17.7 Å². The standard InChI is InChI=1S/C9H10N2O4/c1-6(11(13)14)5-7-8(15-2)3-4-9(12)10-7/h3-5H,1-2H3,(H,10,12)/b6-5+. The van der Waals surface area contributed by atoms with Gasteiger partial charge in [0.1, 0.15) is 5.75 Å². The lowest BCUT2D eigenvalue weighted by Gasteiger charge is -2.02.